The first-order valence-electron chi connectivity index (χ1n) is 9.93. The summed E-state index contributed by atoms with van der Waals surface area (Å²) in [5, 5.41) is 3.10. The molecular weight excluding hydrogens is 368 g/mol. The predicted octanol–water partition coefficient (Wildman–Crippen LogP) is 3.48. The molecule has 0 atom stereocenters. The van der Waals surface area contributed by atoms with Gasteiger partial charge in [-0.25, -0.2) is 4.79 Å². The van der Waals surface area contributed by atoms with Crippen LogP contribution >= 0.6 is 0 Å². The minimum Gasteiger partial charge on any atom is -0.434 e. The van der Waals surface area contributed by atoms with Crippen molar-refractivity contribution in [2.24, 2.45) is 0 Å². The van der Waals surface area contributed by atoms with Crippen molar-refractivity contribution in [2.75, 3.05) is 26.2 Å². The quantitative estimate of drug-likeness (QED) is 0.849. The molecule has 154 valence electrons. The SMILES string of the molecule is O=C(NC1CCCCC1)N1CCCN(C(=O)c2ccccc2OC(F)F)CC1. The van der Waals surface area contributed by atoms with Crippen LogP contribution in [0.5, 0.6) is 5.75 Å². The minimum atomic E-state index is -2.99. The maximum atomic E-state index is 12.8. The van der Waals surface area contributed by atoms with Crippen molar-refractivity contribution < 1.29 is 23.1 Å². The Morgan fingerprint density at radius 3 is 2.39 bits per heavy atom. The van der Waals surface area contributed by atoms with Crippen molar-refractivity contribution in [3.8, 4) is 5.75 Å². The summed E-state index contributed by atoms with van der Waals surface area (Å²) in [6.45, 7) is -1.17. The van der Waals surface area contributed by atoms with Crippen molar-refractivity contribution >= 4 is 11.9 Å². The van der Waals surface area contributed by atoms with Gasteiger partial charge in [-0.2, -0.15) is 8.78 Å². The Morgan fingerprint density at radius 2 is 1.64 bits per heavy atom. The van der Waals surface area contributed by atoms with Crippen LogP contribution in [0.2, 0.25) is 0 Å². The normalized spacial score (nSPS) is 18.7. The lowest BCUT2D eigenvalue weighted by Gasteiger charge is -2.27. The van der Waals surface area contributed by atoms with E-state index in [-0.39, 0.29) is 29.3 Å². The van der Waals surface area contributed by atoms with Crippen LogP contribution in [0.3, 0.4) is 0 Å². The Bertz CT molecular complexity index is 680. The molecule has 8 heteroatoms. The Balaban J connectivity index is 1.59. The molecule has 6 nitrogen and oxygen atoms in total. The molecule has 1 aromatic carbocycles. The van der Waals surface area contributed by atoms with Gasteiger partial charge in [-0.3, -0.25) is 4.79 Å². The van der Waals surface area contributed by atoms with E-state index in [1.165, 1.54) is 18.6 Å². The highest BCUT2D eigenvalue weighted by atomic mass is 19.3. The maximum Gasteiger partial charge on any atom is 0.387 e. The zero-order valence-electron chi connectivity index (χ0n) is 15.9. The number of urea groups is 1. The minimum absolute atomic E-state index is 0.0809. The molecule has 1 saturated carbocycles. The molecule has 0 spiro atoms. The number of ether oxygens (including phenoxy) is 1. The largest absolute Gasteiger partial charge is 0.434 e. The maximum absolute atomic E-state index is 12.8. The van der Waals surface area contributed by atoms with E-state index in [0.29, 0.717) is 32.6 Å². The number of hydrogen-bond donors (Lipinski definition) is 1. The van der Waals surface area contributed by atoms with Gasteiger partial charge in [0.05, 0.1) is 5.56 Å². The topological polar surface area (TPSA) is 61.9 Å². The Kier molecular flexibility index (Phi) is 7.06. The average Bonchev–Trinajstić information content (AvgIpc) is 2.94. The van der Waals surface area contributed by atoms with Crippen molar-refractivity contribution in [2.45, 2.75) is 51.2 Å². The fraction of sp³-hybridized carbons (Fsp3) is 0.600. The summed E-state index contributed by atoms with van der Waals surface area (Å²) in [6, 6.07) is 6.17. The number of carbonyl (C=O) groups excluding carboxylic acids is 2. The van der Waals surface area contributed by atoms with Gasteiger partial charge < -0.3 is 19.9 Å². The second kappa shape index (κ2) is 9.71. The average molecular weight is 395 g/mol. The van der Waals surface area contributed by atoms with Gasteiger partial charge >= 0.3 is 12.6 Å². The molecule has 1 heterocycles. The molecule has 2 fully saturated rings. The van der Waals surface area contributed by atoms with Crippen LogP contribution in [0.4, 0.5) is 13.6 Å². The number of benzene rings is 1. The van der Waals surface area contributed by atoms with Crippen LogP contribution in [-0.4, -0.2) is 60.6 Å². The van der Waals surface area contributed by atoms with E-state index in [2.05, 4.69) is 10.1 Å². The summed E-state index contributed by atoms with van der Waals surface area (Å²) in [7, 11) is 0. The first kappa shape index (κ1) is 20.4. The second-order valence-electron chi connectivity index (χ2n) is 7.29. The number of nitrogens with one attached hydrogen (secondary N) is 1. The van der Waals surface area contributed by atoms with Gasteiger partial charge in [-0.15, -0.1) is 0 Å². The fourth-order valence-corrected chi connectivity index (χ4v) is 3.85. The number of para-hydroxylation sites is 1. The lowest BCUT2D eigenvalue weighted by Crippen LogP contribution is -2.47. The lowest BCUT2D eigenvalue weighted by atomic mass is 9.96. The van der Waals surface area contributed by atoms with E-state index >= 15 is 0 Å². The number of hydrogen-bond acceptors (Lipinski definition) is 3. The van der Waals surface area contributed by atoms with Crippen LogP contribution in [0, 0.1) is 0 Å². The van der Waals surface area contributed by atoms with Gasteiger partial charge in [0.25, 0.3) is 5.91 Å². The van der Waals surface area contributed by atoms with Gasteiger partial charge in [-0.05, 0) is 31.4 Å². The first-order valence-corrected chi connectivity index (χ1v) is 9.93. The third-order valence-corrected chi connectivity index (χ3v) is 5.34. The molecule has 3 amide bonds. The summed E-state index contributed by atoms with van der Waals surface area (Å²) < 4.78 is 29.7. The highest BCUT2D eigenvalue weighted by Crippen LogP contribution is 2.23. The standard InChI is InChI=1S/C20H27F2N3O3/c21-19(22)28-17-10-5-4-9-16(17)18(26)24-11-6-12-25(14-13-24)20(27)23-15-7-2-1-3-8-15/h4-5,9-10,15,19H,1-3,6-8,11-14H2,(H,23,27). The van der Waals surface area contributed by atoms with E-state index in [1.54, 1.807) is 21.9 Å². The van der Waals surface area contributed by atoms with Crippen molar-refractivity contribution in [1.29, 1.82) is 0 Å². The van der Waals surface area contributed by atoms with Gasteiger partial charge in [0.15, 0.2) is 0 Å². The van der Waals surface area contributed by atoms with Gasteiger partial charge in [0.1, 0.15) is 5.75 Å². The molecule has 0 aromatic heterocycles. The summed E-state index contributed by atoms with van der Waals surface area (Å²) in [5.74, 6) is -0.482. The van der Waals surface area contributed by atoms with Gasteiger partial charge in [0, 0.05) is 32.2 Å². The molecule has 1 aliphatic carbocycles. The van der Waals surface area contributed by atoms with E-state index in [4.69, 9.17) is 0 Å². The first-order chi connectivity index (χ1) is 13.5. The molecule has 0 bridgehead atoms. The number of nitrogens with zero attached hydrogens (tertiary/aromatic N) is 2. The lowest BCUT2D eigenvalue weighted by molar-refractivity contribution is -0.0502. The molecule has 1 aromatic rings. The third-order valence-electron chi connectivity index (χ3n) is 5.34. The zero-order valence-corrected chi connectivity index (χ0v) is 15.9. The van der Waals surface area contributed by atoms with E-state index in [0.717, 1.165) is 25.7 Å². The Hall–Kier alpha value is -2.38. The second-order valence-corrected chi connectivity index (χ2v) is 7.29. The predicted molar refractivity (Wildman–Crippen MR) is 101 cm³/mol. The summed E-state index contributed by atoms with van der Waals surface area (Å²) in [5.41, 5.74) is 0.114. The van der Waals surface area contributed by atoms with Crippen molar-refractivity contribution in [1.82, 2.24) is 15.1 Å². The monoisotopic (exact) mass is 395 g/mol. The summed E-state index contributed by atoms with van der Waals surface area (Å²) >= 11 is 0. The van der Waals surface area contributed by atoms with E-state index < -0.39 is 6.61 Å². The smallest absolute Gasteiger partial charge is 0.387 e. The number of halogens is 2. The van der Waals surface area contributed by atoms with Crippen LogP contribution in [0.1, 0.15) is 48.9 Å². The highest BCUT2D eigenvalue weighted by molar-refractivity contribution is 5.97. The molecule has 1 saturated heterocycles. The summed E-state index contributed by atoms with van der Waals surface area (Å²) in [4.78, 5) is 28.7. The van der Waals surface area contributed by atoms with Crippen LogP contribution < -0.4 is 10.1 Å². The molecule has 1 aliphatic heterocycles. The number of amides is 3. The molecule has 28 heavy (non-hydrogen) atoms. The molecule has 2 aliphatic rings. The Labute approximate surface area is 163 Å². The number of carbonyl (C=O) groups is 2. The van der Waals surface area contributed by atoms with Crippen molar-refractivity contribution in [3.63, 3.8) is 0 Å². The van der Waals surface area contributed by atoms with Crippen LogP contribution in [0.15, 0.2) is 24.3 Å². The number of alkyl halides is 2. The molecule has 0 radical (unpaired) electrons. The van der Waals surface area contributed by atoms with Crippen molar-refractivity contribution in [3.05, 3.63) is 29.8 Å². The Morgan fingerprint density at radius 1 is 0.964 bits per heavy atom. The fourth-order valence-electron chi connectivity index (χ4n) is 3.85. The third kappa shape index (κ3) is 5.33. The molecule has 0 unspecified atom stereocenters. The molecular formula is C20H27F2N3O3. The summed E-state index contributed by atoms with van der Waals surface area (Å²) in [6.07, 6.45) is 6.20. The highest BCUT2D eigenvalue weighted by Gasteiger charge is 2.26. The van der Waals surface area contributed by atoms with Crippen LogP contribution in [0.25, 0.3) is 0 Å². The van der Waals surface area contributed by atoms with Gasteiger partial charge in [0.2, 0.25) is 0 Å². The van der Waals surface area contributed by atoms with Gasteiger partial charge in [-0.1, -0.05) is 31.4 Å². The molecule has 3 rings (SSSR count). The van der Waals surface area contributed by atoms with Crippen LogP contribution in [-0.2, 0) is 0 Å². The van der Waals surface area contributed by atoms with E-state index in [1.807, 2.05) is 0 Å². The zero-order chi connectivity index (χ0) is 19.9. The van der Waals surface area contributed by atoms with E-state index in [9.17, 15) is 18.4 Å². The number of rotatable bonds is 4. The molecule has 1 N–H and O–H groups in total.